The molecule has 0 aliphatic carbocycles. The largest absolute Gasteiger partial charge is 0.444 e. The van der Waals surface area contributed by atoms with Crippen LogP contribution >= 0.6 is 0 Å². The lowest BCUT2D eigenvalue weighted by molar-refractivity contribution is -0.116. The molecule has 0 fully saturated rings. The highest BCUT2D eigenvalue weighted by molar-refractivity contribution is 5.91. The van der Waals surface area contributed by atoms with Crippen molar-refractivity contribution in [3.05, 3.63) is 41.7 Å². The lowest BCUT2D eigenvalue weighted by Gasteiger charge is -2.25. The second-order valence-corrected chi connectivity index (χ2v) is 7.13. The first-order valence-electron chi connectivity index (χ1n) is 8.28. The zero-order valence-electron chi connectivity index (χ0n) is 15.4. The van der Waals surface area contributed by atoms with E-state index in [2.05, 4.69) is 10.6 Å². The number of carbonyl (C=O) groups is 2. The van der Waals surface area contributed by atoms with Crippen LogP contribution in [0.3, 0.4) is 0 Å². The Bertz CT molecular complexity index is 621. The van der Waals surface area contributed by atoms with Crippen LogP contribution in [0, 0.1) is 11.7 Å². The molecule has 138 valence electrons. The summed E-state index contributed by atoms with van der Waals surface area (Å²) in [7, 11) is 0. The van der Waals surface area contributed by atoms with Crippen LogP contribution in [-0.2, 0) is 9.53 Å². The van der Waals surface area contributed by atoms with Crippen molar-refractivity contribution in [2.75, 3.05) is 6.54 Å². The van der Waals surface area contributed by atoms with Crippen molar-refractivity contribution in [1.29, 1.82) is 0 Å². The maximum atomic E-state index is 13.1. The van der Waals surface area contributed by atoms with Gasteiger partial charge in [-0.1, -0.05) is 26.0 Å². The van der Waals surface area contributed by atoms with Gasteiger partial charge in [-0.15, -0.1) is 0 Å². The van der Waals surface area contributed by atoms with Crippen LogP contribution < -0.4 is 10.6 Å². The van der Waals surface area contributed by atoms with Gasteiger partial charge >= 0.3 is 6.09 Å². The van der Waals surface area contributed by atoms with Crippen LogP contribution in [0.4, 0.5) is 9.18 Å². The average molecular weight is 350 g/mol. The summed E-state index contributed by atoms with van der Waals surface area (Å²) >= 11 is 0. The van der Waals surface area contributed by atoms with Gasteiger partial charge in [0.05, 0.1) is 6.04 Å². The van der Waals surface area contributed by atoms with E-state index in [0.29, 0.717) is 5.56 Å². The molecule has 0 spiro atoms. The van der Waals surface area contributed by atoms with E-state index in [9.17, 15) is 14.0 Å². The Kier molecular flexibility index (Phi) is 7.61. The Balaban J connectivity index is 2.53. The molecule has 2 N–H and O–H groups in total. The molecule has 1 unspecified atom stereocenters. The molecule has 1 rings (SSSR count). The molecular formula is C19H27FN2O3. The van der Waals surface area contributed by atoms with Gasteiger partial charge in [-0.3, -0.25) is 4.79 Å². The maximum absolute atomic E-state index is 13.1. The molecule has 0 bridgehead atoms. The van der Waals surface area contributed by atoms with Crippen LogP contribution in [-0.4, -0.2) is 30.2 Å². The zero-order valence-corrected chi connectivity index (χ0v) is 15.4. The normalized spacial score (nSPS) is 12.9. The van der Waals surface area contributed by atoms with Crippen LogP contribution in [0.5, 0.6) is 0 Å². The highest BCUT2D eigenvalue weighted by Gasteiger charge is 2.21. The van der Waals surface area contributed by atoms with Crippen molar-refractivity contribution in [3.8, 4) is 0 Å². The van der Waals surface area contributed by atoms with Gasteiger partial charge in [0.25, 0.3) is 0 Å². The summed E-state index contributed by atoms with van der Waals surface area (Å²) in [5, 5.41) is 5.49. The first-order valence-corrected chi connectivity index (χ1v) is 8.28. The van der Waals surface area contributed by atoms with Gasteiger partial charge in [0.1, 0.15) is 11.4 Å². The fourth-order valence-corrected chi connectivity index (χ4v) is 1.96. The number of amides is 2. The quantitative estimate of drug-likeness (QED) is 0.772. The van der Waals surface area contributed by atoms with Crippen LogP contribution in [0.1, 0.15) is 40.2 Å². The lowest BCUT2D eigenvalue weighted by Crippen LogP contribution is -2.47. The number of halogens is 1. The minimum atomic E-state index is -0.581. The van der Waals surface area contributed by atoms with E-state index >= 15 is 0 Å². The van der Waals surface area contributed by atoms with Crippen molar-refractivity contribution in [2.45, 2.75) is 46.3 Å². The molecule has 0 radical (unpaired) electrons. The molecule has 2 amide bonds. The minimum Gasteiger partial charge on any atom is -0.444 e. The fourth-order valence-electron chi connectivity index (χ4n) is 1.96. The molecule has 25 heavy (non-hydrogen) atoms. The number of ether oxygens (including phenoxy) is 1. The monoisotopic (exact) mass is 350 g/mol. The van der Waals surface area contributed by atoms with Crippen molar-refractivity contribution < 1.29 is 18.7 Å². The van der Waals surface area contributed by atoms with Crippen LogP contribution in [0.15, 0.2) is 30.3 Å². The topological polar surface area (TPSA) is 67.4 Å². The summed E-state index contributed by atoms with van der Waals surface area (Å²) in [6.45, 7) is 9.51. The number of nitrogens with one attached hydrogen (secondary N) is 2. The molecule has 5 nitrogen and oxygen atoms in total. The van der Waals surface area contributed by atoms with E-state index < -0.39 is 11.7 Å². The van der Waals surface area contributed by atoms with E-state index in [-0.39, 0.29) is 30.2 Å². The molecule has 0 saturated heterocycles. The van der Waals surface area contributed by atoms with Crippen molar-refractivity contribution in [3.63, 3.8) is 0 Å². The molecule has 1 atom stereocenters. The standard InChI is InChI=1S/C19H27FN2O3/c1-13(2)16(22-18(24)25-19(3,4)5)12-21-17(23)10-9-14-7-6-8-15(20)11-14/h6-11,13,16H,12H2,1-5H3,(H,21,23)(H,22,24)/b10-9+. The third kappa shape index (κ3) is 8.88. The predicted octanol–water partition coefficient (Wildman–Crippen LogP) is 3.50. The summed E-state index contributed by atoms with van der Waals surface area (Å²) < 4.78 is 18.3. The Labute approximate surface area is 148 Å². The Hall–Kier alpha value is -2.37. The number of hydrogen-bond acceptors (Lipinski definition) is 3. The number of hydrogen-bond donors (Lipinski definition) is 2. The minimum absolute atomic E-state index is 0.111. The number of alkyl carbamates (subject to hydrolysis) is 1. The van der Waals surface area contributed by atoms with E-state index in [1.54, 1.807) is 32.9 Å². The predicted molar refractivity (Wildman–Crippen MR) is 96.4 cm³/mol. The summed E-state index contributed by atoms with van der Waals surface area (Å²) in [4.78, 5) is 23.8. The van der Waals surface area contributed by atoms with Crippen molar-refractivity contribution in [1.82, 2.24) is 10.6 Å². The molecule has 0 aromatic heterocycles. The summed E-state index contributed by atoms with van der Waals surface area (Å²) in [5.74, 6) is -0.565. The van der Waals surface area contributed by atoms with E-state index in [1.165, 1.54) is 24.3 Å². The third-order valence-corrected chi connectivity index (χ3v) is 3.28. The van der Waals surface area contributed by atoms with Gasteiger partial charge in [0.2, 0.25) is 5.91 Å². The lowest BCUT2D eigenvalue weighted by atomic mass is 10.0. The third-order valence-electron chi connectivity index (χ3n) is 3.28. The summed E-state index contributed by atoms with van der Waals surface area (Å²) in [5.41, 5.74) is 0.0187. The first-order chi connectivity index (χ1) is 11.6. The van der Waals surface area contributed by atoms with Gasteiger partial charge in [0.15, 0.2) is 0 Å². The maximum Gasteiger partial charge on any atom is 0.407 e. The molecule has 0 saturated carbocycles. The fraction of sp³-hybridized carbons (Fsp3) is 0.474. The van der Waals surface area contributed by atoms with Gasteiger partial charge in [-0.25, -0.2) is 9.18 Å². The highest BCUT2D eigenvalue weighted by atomic mass is 19.1. The average Bonchev–Trinajstić information content (AvgIpc) is 2.47. The second kappa shape index (κ2) is 9.20. The van der Waals surface area contributed by atoms with Gasteiger partial charge in [-0.05, 0) is 50.5 Å². The summed E-state index contributed by atoms with van der Waals surface area (Å²) in [6.07, 6.45) is 2.35. The SMILES string of the molecule is CC(C)C(CNC(=O)/C=C/c1cccc(F)c1)NC(=O)OC(C)(C)C. The van der Waals surface area contributed by atoms with E-state index in [0.717, 1.165) is 0 Å². The molecule has 1 aromatic carbocycles. The van der Waals surface area contributed by atoms with Gasteiger partial charge in [-0.2, -0.15) is 0 Å². The molecular weight excluding hydrogens is 323 g/mol. The van der Waals surface area contributed by atoms with Crippen molar-refractivity contribution in [2.24, 2.45) is 5.92 Å². The molecule has 6 heteroatoms. The number of carbonyl (C=O) groups excluding carboxylic acids is 2. The van der Waals surface area contributed by atoms with E-state index in [4.69, 9.17) is 4.74 Å². The van der Waals surface area contributed by atoms with Gasteiger partial charge < -0.3 is 15.4 Å². The first kappa shape index (κ1) is 20.7. The van der Waals surface area contributed by atoms with E-state index in [1.807, 2.05) is 13.8 Å². The van der Waals surface area contributed by atoms with Crippen LogP contribution in [0.2, 0.25) is 0 Å². The Morgan fingerprint density at radius 1 is 1.28 bits per heavy atom. The molecule has 0 heterocycles. The number of rotatable bonds is 6. The molecule has 0 aliphatic rings. The van der Waals surface area contributed by atoms with Crippen molar-refractivity contribution >= 4 is 18.1 Å². The second-order valence-electron chi connectivity index (χ2n) is 7.13. The van der Waals surface area contributed by atoms with Crippen LogP contribution in [0.25, 0.3) is 6.08 Å². The zero-order chi connectivity index (χ0) is 19.0. The molecule has 1 aromatic rings. The summed E-state index contributed by atoms with van der Waals surface area (Å²) in [6, 6.07) is 5.69. The van der Waals surface area contributed by atoms with Gasteiger partial charge in [0, 0.05) is 12.6 Å². The Morgan fingerprint density at radius 2 is 1.96 bits per heavy atom. The molecule has 0 aliphatic heterocycles. The smallest absolute Gasteiger partial charge is 0.407 e. The number of benzene rings is 1. The highest BCUT2D eigenvalue weighted by Crippen LogP contribution is 2.09. The Morgan fingerprint density at radius 3 is 2.52 bits per heavy atom.